The first-order valence-electron chi connectivity index (χ1n) is 4.61. The number of hydrogen-bond acceptors (Lipinski definition) is 4. The Morgan fingerprint density at radius 2 is 2.25 bits per heavy atom. The highest BCUT2D eigenvalue weighted by Gasteiger charge is 2.14. The van der Waals surface area contributed by atoms with Crippen LogP contribution in [0.1, 0.15) is 16.2 Å². The van der Waals surface area contributed by atoms with Crippen molar-refractivity contribution < 1.29 is 9.90 Å². The monoisotopic (exact) mass is 218 g/mol. The molecule has 1 aromatic heterocycles. The SMILES string of the molecule is Cc1cccc(-n2nc(C(=O)O)nc2N)c1. The summed E-state index contributed by atoms with van der Waals surface area (Å²) in [5, 5.41) is 12.5. The van der Waals surface area contributed by atoms with Crippen molar-refractivity contribution in [2.45, 2.75) is 6.92 Å². The van der Waals surface area contributed by atoms with E-state index in [-0.39, 0.29) is 11.8 Å². The molecule has 0 aliphatic carbocycles. The van der Waals surface area contributed by atoms with Crippen molar-refractivity contribution in [1.29, 1.82) is 0 Å². The third-order valence-electron chi connectivity index (χ3n) is 2.07. The van der Waals surface area contributed by atoms with Crippen LogP contribution in [0, 0.1) is 6.92 Å². The van der Waals surface area contributed by atoms with Gasteiger partial charge in [-0.3, -0.25) is 0 Å². The van der Waals surface area contributed by atoms with Crippen molar-refractivity contribution in [1.82, 2.24) is 14.8 Å². The lowest BCUT2D eigenvalue weighted by atomic mass is 10.2. The average molecular weight is 218 g/mol. The van der Waals surface area contributed by atoms with Gasteiger partial charge in [0.25, 0.3) is 5.82 Å². The Morgan fingerprint density at radius 3 is 2.81 bits per heavy atom. The maximum atomic E-state index is 10.7. The molecule has 0 amide bonds. The molecule has 2 rings (SSSR count). The molecule has 1 aromatic carbocycles. The molecule has 1 heterocycles. The standard InChI is InChI=1S/C10H10N4O2/c1-6-3-2-4-7(5-6)14-10(11)12-8(13-14)9(15)16/h2-5H,1H3,(H,15,16)(H2,11,12,13). The number of nitrogen functional groups attached to an aromatic ring is 1. The lowest BCUT2D eigenvalue weighted by molar-refractivity contribution is 0.0683. The Bertz CT molecular complexity index is 548. The van der Waals surface area contributed by atoms with Crippen LogP contribution in [0.25, 0.3) is 5.69 Å². The van der Waals surface area contributed by atoms with Gasteiger partial charge in [-0.05, 0) is 24.6 Å². The Kier molecular flexibility index (Phi) is 2.32. The number of benzene rings is 1. The van der Waals surface area contributed by atoms with Gasteiger partial charge in [0, 0.05) is 0 Å². The van der Waals surface area contributed by atoms with Crippen LogP contribution in [0.5, 0.6) is 0 Å². The zero-order valence-corrected chi connectivity index (χ0v) is 8.58. The molecule has 6 heteroatoms. The molecule has 0 spiro atoms. The van der Waals surface area contributed by atoms with Crippen molar-refractivity contribution in [3.63, 3.8) is 0 Å². The summed E-state index contributed by atoms with van der Waals surface area (Å²) in [7, 11) is 0. The van der Waals surface area contributed by atoms with E-state index in [2.05, 4.69) is 10.1 Å². The van der Waals surface area contributed by atoms with Crippen molar-refractivity contribution in [3.8, 4) is 5.69 Å². The Hall–Kier alpha value is -2.37. The highest BCUT2D eigenvalue weighted by Crippen LogP contribution is 2.12. The summed E-state index contributed by atoms with van der Waals surface area (Å²) in [5.41, 5.74) is 7.31. The van der Waals surface area contributed by atoms with Gasteiger partial charge in [0.05, 0.1) is 5.69 Å². The van der Waals surface area contributed by atoms with Crippen LogP contribution in [0.2, 0.25) is 0 Å². The summed E-state index contributed by atoms with van der Waals surface area (Å²) < 4.78 is 1.30. The second-order valence-electron chi connectivity index (χ2n) is 3.35. The van der Waals surface area contributed by atoms with Gasteiger partial charge in [0.2, 0.25) is 5.95 Å². The normalized spacial score (nSPS) is 10.3. The number of rotatable bonds is 2. The van der Waals surface area contributed by atoms with Crippen molar-refractivity contribution in [2.24, 2.45) is 0 Å². The van der Waals surface area contributed by atoms with Crippen LogP contribution in [-0.4, -0.2) is 25.8 Å². The third-order valence-corrected chi connectivity index (χ3v) is 2.07. The topological polar surface area (TPSA) is 94.0 Å². The number of aromatic carboxylic acids is 1. The first-order valence-corrected chi connectivity index (χ1v) is 4.61. The number of carboxylic acid groups (broad SMARTS) is 1. The largest absolute Gasteiger partial charge is 0.475 e. The molecule has 0 radical (unpaired) electrons. The van der Waals surface area contributed by atoms with Gasteiger partial charge in [-0.1, -0.05) is 12.1 Å². The van der Waals surface area contributed by atoms with Crippen molar-refractivity contribution >= 4 is 11.9 Å². The van der Waals surface area contributed by atoms with Gasteiger partial charge in [-0.2, -0.15) is 9.67 Å². The second kappa shape index (κ2) is 3.65. The maximum absolute atomic E-state index is 10.7. The Morgan fingerprint density at radius 1 is 1.50 bits per heavy atom. The third kappa shape index (κ3) is 1.72. The molecule has 3 N–H and O–H groups in total. The number of aromatic nitrogens is 3. The van der Waals surface area contributed by atoms with Crippen LogP contribution in [0.15, 0.2) is 24.3 Å². The van der Waals surface area contributed by atoms with Crippen LogP contribution < -0.4 is 5.73 Å². The van der Waals surface area contributed by atoms with E-state index in [1.807, 2.05) is 25.1 Å². The minimum absolute atomic E-state index is 0.0583. The summed E-state index contributed by atoms with van der Waals surface area (Å²) in [5.74, 6) is -1.44. The quantitative estimate of drug-likeness (QED) is 0.779. The lowest BCUT2D eigenvalue weighted by Crippen LogP contribution is -2.03. The summed E-state index contributed by atoms with van der Waals surface area (Å²) >= 11 is 0. The molecule has 2 aromatic rings. The number of nitrogens with two attached hydrogens (primary N) is 1. The lowest BCUT2D eigenvalue weighted by Gasteiger charge is -2.02. The van der Waals surface area contributed by atoms with E-state index in [0.717, 1.165) is 5.56 Å². The van der Waals surface area contributed by atoms with Crippen molar-refractivity contribution in [3.05, 3.63) is 35.7 Å². The van der Waals surface area contributed by atoms with E-state index in [0.29, 0.717) is 5.69 Å². The highest BCUT2D eigenvalue weighted by molar-refractivity contribution is 5.83. The molecule has 6 nitrogen and oxygen atoms in total. The predicted molar refractivity (Wildman–Crippen MR) is 57.5 cm³/mol. The van der Waals surface area contributed by atoms with Gasteiger partial charge in [-0.25, -0.2) is 4.79 Å². The average Bonchev–Trinajstić information content (AvgIpc) is 2.60. The number of nitrogens with zero attached hydrogens (tertiary/aromatic N) is 3. The number of anilines is 1. The minimum atomic E-state index is -1.20. The van der Waals surface area contributed by atoms with Gasteiger partial charge in [0.1, 0.15) is 0 Å². The number of carbonyl (C=O) groups is 1. The van der Waals surface area contributed by atoms with Crippen LogP contribution in [0.3, 0.4) is 0 Å². The van der Waals surface area contributed by atoms with Gasteiger partial charge in [-0.15, -0.1) is 5.10 Å². The fourth-order valence-corrected chi connectivity index (χ4v) is 1.36. The summed E-state index contributed by atoms with van der Waals surface area (Å²) in [4.78, 5) is 14.3. The smallest absolute Gasteiger partial charge is 0.375 e. The minimum Gasteiger partial charge on any atom is -0.475 e. The molecule has 0 atom stereocenters. The van der Waals surface area contributed by atoms with Crippen LogP contribution in [0.4, 0.5) is 5.95 Å². The van der Waals surface area contributed by atoms with E-state index in [1.165, 1.54) is 4.68 Å². The van der Waals surface area contributed by atoms with Gasteiger partial charge < -0.3 is 10.8 Å². The zero-order valence-electron chi connectivity index (χ0n) is 8.58. The Balaban J connectivity index is 2.52. The molecule has 0 aliphatic heterocycles. The summed E-state index contributed by atoms with van der Waals surface area (Å²) in [6.45, 7) is 1.93. The first-order chi connectivity index (χ1) is 7.58. The summed E-state index contributed by atoms with van der Waals surface area (Å²) in [6, 6.07) is 7.39. The summed E-state index contributed by atoms with van der Waals surface area (Å²) in [6.07, 6.45) is 0. The second-order valence-corrected chi connectivity index (χ2v) is 3.35. The number of hydrogen-bond donors (Lipinski definition) is 2. The van der Waals surface area contributed by atoms with Gasteiger partial charge in [0.15, 0.2) is 0 Å². The van der Waals surface area contributed by atoms with Gasteiger partial charge >= 0.3 is 5.97 Å². The predicted octanol–water partition coefficient (Wildman–Crippen LogP) is 0.856. The molecule has 0 saturated heterocycles. The molecule has 0 bridgehead atoms. The van der Waals surface area contributed by atoms with Crippen LogP contribution in [-0.2, 0) is 0 Å². The molecule has 16 heavy (non-hydrogen) atoms. The number of carboxylic acids is 1. The first kappa shape index (κ1) is 10.2. The highest BCUT2D eigenvalue weighted by atomic mass is 16.4. The van der Waals surface area contributed by atoms with E-state index < -0.39 is 5.97 Å². The fraction of sp³-hybridized carbons (Fsp3) is 0.100. The number of aryl methyl sites for hydroxylation is 1. The molecule has 0 aliphatic rings. The molecular weight excluding hydrogens is 208 g/mol. The van der Waals surface area contributed by atoms with E-state index in [9.17, 15) is 4.79 Å². The Labute approximate surface area is 91.3 Å². The molecule has 0 unspecified atom stereocenters. The molecule has 0 fully saturated rings. The zero-order chi connectivity index (χ0) is 11.7. The fourth-order valence-electron chi connectivity index (χ4n) is 1.36. The van der Waals surface area contributed by atoms with Crippen LogP contribution >= 0.6 is 0 Å². The van der Waals surface area contributed by atoms with E-state index in [4.69, 9.17) is 10.8 Å². The molecule has 82 valence electrons. The van der Waals surface area contributed by atoms with Crippen molar-refractivity contribution in [2.75, 3.05) is 5.73 Å². The maximum Gasteiger partial charge on any atom is 0.375 e. The van der Waals surface area contributed by atoms with E-state index >= 15 is 0 Å². The van der Waals surface area contributed by atoms with E-state index in [1.54, 1.807) is 6.07 Å². The molecule has 0 saturated carbocycles. The molecular formula is C10H10N4O2.